The molecular formula is C12H19NOS. The Morgan fingerprint density at radius 3 is 2.07 bits per heavy atom. The molecule has 1 rings (SSSR count). The zero-order valence-corrected chi connectivity index (χ0v) is 10.3. The van der Waals surface area contributed by atoms with E-state index < -0.39 is 0 Å². The van der Waals surface area contributed by atoms with Crippen LogP contribution < -0.4 is 5.73 Å². The zero-order chi connectivity index (χ0) is 11.4. The summed E-state index contributed by atoms with van der Waals surface area (Å²) in [5.41, 5.74) is 6.91. The van der Waals surface area contributed by atoms with Crippen LogP contribution in [0.4, 0.5) is 0 Å². The molecule has 2 nitrogen and oxygen atoms in total. The summed E-state index contributed by atoms with van der Waals surface area (Å²) in [4.78, 5) is 1.17. The third-order valence-corrected chi connectivity index (χ3v) is 3.72. The molecule has 84 valence electrons. The van der Waals surface area contributed by atoms with Crippen molar-refractivity contribution in [1.82, 2.24) is 0 Å². The third kappa shape index (κ3) is 3.86. The zero-order valence-electron chi connectivity index (χ0n) is 9.47. The van der Waals surface area contributed by atoms with Crippen molar-refractivity contribution in [3.63, 3.8) is 0 Å². The van der Waals surface area contributed by atoms with Crippen molar-refractivity contribution in [1.29, 1.82) is 0 Å². The number of benzene rings is 1. The van der Waals surface area contributed by atoms with Gasteiger partial charge in [-0.3, -0.25) is 0 Å². The Morgan fingerprint density at radius 1 is 1.13 bits per heavy atom. The molecule has 0 fully saturated rings. The lowest BCUT2D eigenvalue weighted by molar-refractivity contribution is 0.196. The van der Waals surface area contributed by atoms with Gasteiger partial charge in [0.05, 0.1) is 6.10 Å². The van der Waals surface area contributed by atoms with E-state index in [2.05, 4.69) is 12.1 Å². The van der Waals surface area contributed by atoms with E-state index >= 15 is 0 Å². The van der Waals surface area contributed by atoms with E-state index in [1.54, 1.807) is 11.8 Å². The average molecular weight is 225 g/mol. The third-order valence-electron chi connectivity index (χ3n) is 2.41. The first-order valence-electron chi connectivity index (χ1n) is 5.21. The number of nitrogens with two attached hydrogens (primary N) is 1. The molecule has 3 heteroatoms. The summed E-state index contributed by atoms with van der Waals surface area (Å²) in [6, 6.07) is 8.28. The van der Waals surface area contributed by atoms with E-state index in [-0.39, 0.29) is 17.4 Å². The molecule has 15 heavy (non-hydrogen) atoms. The molecule has 0 aliphatic rings. The SMILES string of the molecule is CC(O)C(C)Sc1ccc([C@@H](C)N)cc1. The largest absolute Gasteiger partial charge is 0.392 e. The molecule has 1 aromatic carbocycles. The number of hydrogen-bond acceptors (Lipinski definition) is 3. The van der Waals surface area contributed by atoms with Crippen molar-refractivity contribution < 1.29 is 5.11 Å². The molecule has 0 radical (unpaired) electrons. The second-order valence-electron chi connectivity index (χ2n) is 3.92. The molecule has 1 aromatic rings. The van der Waals surface area contributed by atoms with E-state index in [1.165, 1.54) is 4.90 Å². The topological polar surface area (TPSA) is 46.2 Å². The number of rotatable bonds is 4. The Bertz CT molecular complexity index is 295. The quantitative estimate of drug-likeness (QED) is 0.774. The standard InChI is InChI=1S/C12H19NOS/c1-8(13)11-4-6-12(7-5-11)15-10(3)9(2)14/h4-10,14H,13H2,1-3H3/t8-,9?,10?/m1/s1. The highest BCUT2D eigenvalue weighted by molar-refractivity contribution is 8.00. The Balaban J connectivity index is 2.64. The molecule has 2 unspecified atom stereocenters. The summed E-state index contributed by atoms with van der Waals surface area (Å²) in [6.07, 6.45) is -0.289. The van der Waals surface area contributed by atoms with Crippen LogP contribution in [0.3, 0.4) is 0 Å². The minimum absolute atomic E-state index is 0.0817. The van der Waals surface area contributed by atoms with Gasteiger partial charge < -0.3 is 10.8 Å². The first-order chi connectivity index (χ1) is 7.00. The van der Waals surface area contributed by atoms with Crippen molar-refractivity contribution in [2.75, 3.05) is 0 Å². The first kappa shape index (κ1) is 12.6. The van der Waals surface area contributed by atoms with Gasteiger partial charge >= 0.3 is 0 Å². The summed E-state index contributed by atoms with van der Waals surface area (Å²) >= 11 is 1.68. The van der Waals surface area contributed by atoms with E-state index in [0.29, 0.717) is 0 Å². The van der Waals surface area contributed by atoms with Gasteiger partial charge in [0.1, 0.15) is 0 Å². The summed E-state index contributed by atoms with van der Waals surface area (Å²) in [7, 11) is 0. The van der Waals surface area contributed by atoms with Crippen molar-refractivity contribution in [2.24, 2.45) is 5.73 Å². The highest BCUT2D eigenvalue weighted by Crippen LogP contribution is 2.26. The minimum Gasteiger partial charge on any atom is -0.392 e. The number of aliphatic hydroxyl groups is 1. The molecule has 0 aliphatic heterocycles. The van der Waals surface area contributed by atoms with Gasteiger partial charge in [0.2, 0.25) is 0 Å². The van der Waals surface area contributed by atoms with E-state index in [0.717, 1.165) is 5.56 Å². The van der Waals surface area contributed by atoms with E-state index in [1.807, 2.05) is 32.9 Å². The normalized spacial score (nSPS) is 17.1. The van der Waals surface area contributed by atoms with Gasteiger partial charge in [-0.05, 0) is 31.5 Å². The molecule has 0 amide bonds. The average Bonchev–Trinajstić information content (AvgIpc) is 2.18. The fourth-order valence-corrected chi connectivity index (χ4v) is 2.08. The van der Waals surface area contributed by atoms with E-state index in [4.69, 9.17) is 5.73 Å². The Kier molecular flexibility index (Phi) is 4.64. The summed E-state index contributed by atoms with van der Waals surface area (Å²) < 4.78 is 0. The second kappa shape index (κ2) is 5.54. The monoisotopic (exact) mass is 225 g/mol. The summed E-state index contributed by atoms with van der Waals surface area (Å²) in [5.74, 6) is 0. The van der Waals surface area contributed by atoms with Gasteiger partial charge in [0.25, 0.3) is 0 Å². The Labute approximate surface area is 95.9 Å². The maximum absolute atomic E-state index is 9.38. The lowest BCUT2D eigenvalue weighted by atomic mass is 10.1. The molecule has 0 saturated heterocycles. The molecule has 0 aliphatic carbocycles. The number of aliphatic hydroxyl groups excluding tert-OH is 1. The van der Waals surface area contributed by atoms with Crippen molar-refractivity contribution in [3.8, 4) is 0 Å². The molecule has 0 bridgehead atoms. The van der Waals surface area contributed by atoms with Gasteiger partial charge in [0.15, 0.2) is 0 Å². The highest BCUT2D eigenvalue weighted by atomic mass is 32.2. The first-order valence-corrected chi connectivity index (χ1v) is 6.09. The maximum atomic E-state index is 9.38. The molecule has 0 spiro atoms. The predicted molar refractivity (Wildman–Crippen MR) is 66.0 cm³/mol. The van der Waals surface area contributed by atoms with Crippen molar-refractivity contribution in [3.05, 3.63) is 29.8 Å². The van der Waals surface area contributed by atoms with Crippen molar-refractivity contribution in [2.45, 2.75) is 43.1 Å². The fraction of sp³-hybridized carbons (Fsp3) is 0.500. The summed E-state index contributed by atoms with van der Waals surface area (Å²) in [5, 5.41) is 9.60. The summed E-state index contributed by atoms with van der Waals surface area (Å²) in [6.45, 7) is 5.81. The highest BCUT2D eigenvalue weighted by Gasteiger charge is 2.10. The predicted octanol–water partition coefficient (Wildman–Crippen LogP) is 2.57. The van der Waals surface area contributed by atoms with Gasteiger partial charge in [0, 0.05) is 16.2 Å². The molecule has 0 heterocycles. The van der Waals surface area contributed by atoms with E-state index in [9.17, 15) is 5.11 Å². The van der Waals surface area contributed by atoms with Crippen LogP contribution in [0.1, 0.15) is 32.4 Å². The van der Waals surface area contributed by atoms with Crippen LogP contribution >= 0.6 is 11.8 Å². The van der Waals surface area contributed by atoms with Crippen molar-refractivity contribution >= 4 is 11.8 Å². The van der Waals surface area contributed by atoms with Crippen LogP contribution in [0.25, 0.3) is 0 Å². The van der Waals surface area contributed by atoms with Crippen LogP contribution in [0, 0.1) is 0 Å². The van der Waals surface area contributed by atoms with Gasteiger partial charge in [-0.2, -0.15) is 0 Å². The molecule has 0 saturated carbocycles. The van der Waals surface area contributed by atoms with Crippen LogP contribution in [0.2, 0.25) is 0 Å². The smallest absolute Gasteiger partial charge is 0.0631 e. The Morgan fingerprint density at radius 2 is 1.67 bits per heavy atom. The van der Waals surface area contributed by atoms with Crippen LogP contribution in [-0.2, 0) is 0 Å². The fourth-order valence-electron chi connectivity index (χ4n) is 1.16. The van der Waals surface area contributed by atoms with Gasteiger partial charge in [-0.15, -0.1) is 11.8 Å². The molecule has 0 aromatic heterocycles. The van der Waals surface area contributed by atoms with Crippen LogP contribution in [0.15, 0.2) is 29.2 Å². The lowest BCUT2D eigenvalue weighted by Crippen LogP contribution is -2.14. The molecular weight excluding hydrogens is 206 g/mol. The van der Waals surface area contributed by atoms with Crippen LogP contribution in [0.5, 0.6) is 0 Å². The minimum atomic E-state index is -0.289. The second-order valence-corrected chi connectivity index (χ2v) is 5.37. The lowest BCUT2D eigenvalue weighted by Gasteiger charge is -2.14. The molecule has 3 N–H and O–H groups in total. The van der Waals surface area contributed by atoms with Gasteiger partial charge in [-0.25, -0.2) is 0 Å². The van der Waals surface area contributed by atoms with Gasteiger partial charge in [-0.1, -0.05) is 19.1 Å². The maximum Gasteiger partial charge on any atom is 0.0631 e. The molecule has 3 atom stereocenters. The number of hydrogen-bond donors (Lipinski definition) is 2. The number of thioether (sulfide) groups is 1. The Hall–Kier alpha value is -0.510. The van der Waals surface area contributed by atoms with Crippen LogP contribution in [-0.4, -0.2) is 16.5 Å².